The van der Waals surface area contributed by atoms with Crippen molar-refractivity contribution in [3.8, 4) is 17.3 Å². The number of benzene rings is 1. The Labute approximate surface area is 195 Å². The van der Waals surface area contributed by atoms with Crippen molar-refractivity contribution >= 4 is 39.8 Å². The lowest BCUT2D eigenvalue weighted by Gasteiger charge is -2.11. The lowest BCUT2D eigenvalue weighted by atomic mass is 10.1. The zero-order valence-electron chi connectivity index (χ0n) is 17.7. The van der Waals surface area contributed by atoms with E-state index < -0.39 is 17.8 Å². The third-order valence-corrected chi connectivity index (χ3v) is 6.66. The second-order valence-corrected chi connectivity index (χ2v) is 9.01. The lowest BCUT2D eigenvalue weighted by molar-refractivity contribution is -0.141. The molecular formula is C22H17F3N4O2S2. The Kier molecular flexibility index (Phi) is 7.19. The number of carbonyl (C=O) groups excluding carboxylic acids is 2. The number of nitrogens with zero attached hydrogens (tertiary/aromatic N) is 3. The van der Waals surface area contributed by atoms with Crippen LogP contribution in [0.25, 0.3) is 11.3 Å². The summed E-state index contributed by atoms with van der Waals surface area (Å²) in [6.45, 7) is 4.83. The molecule has 0 aliphatic rings. The average Bonchev–Trinajstić information content (AvgIpc) is 3.07. The first-order valence-electron chi connectivity index (χ1n) is 9.50. The monoisotopic (exact) mass is 490 g/mol. The van der Waals surface area contributed by atoms with Crippen LogP contribution in [0.15, 0.2) is 35.5 Å². The number of thiophene rings is 1. The number of aromatic nitrogens is 2. The molecule has 6 nitrogen and oxygen atoms in total. The number of nitrogens with one attached hydrogen (secondary N) is 1. The highest BCUT2D eigenvalue weighted by Gasteiger charge is 2.34. The number of hydrogen-bond donors (Lipinski definition) is 1. The van der Waals surface area contributed by atoms with Crippen molar-refractivity contribution in [1.29, 1.82) is 5.26 Å². The number of anilines is 1. The fraction of sp³-hybridized carbons (Fsp3) is 0.227. The summed E-state index contributed by atoms with van der Waals surface area (Å²) in [4.78, 5) is 32.2. The van der Waals surface area contributed by atoms with E-state index >= 15 is 0 Å². The standard InChI is InChI=1S/C22H17F3N4O2S2/c1-11-4-6-14(7-5-11)16-8-17(22(23,24)25)28-21(27-16)32-10-18(31)29-20-15(9-26)12(2)19(33-20)13(3)30/h4-8H,10H2,1-3H3,(H,29,31). The third-order valence-electron chi connectivity index (χ3n) is 4.51. The number of amides is 1. The Bertz CT molecular complexity index is 1260. The second kappa shape index (κ2) is 9.72. The molecule has 0 aliphatic carbocycles. The number of thioether (sulfide) groups is 1. The van der Waals surface area contributed by atoms with Gasteiger partial charge in [0.25, 0.3) is 0 Å². The van der Waals surface area contributed by atoms with Crippen LogP contribution >= 0.6 is 23.1 Å². The molecule has 170 valence electrons. The summed E-state index contributed by atoms with van der Waals surface area (Å²) in [7, 11) is 0. The van der Waals surface area contributed by atoms with Crippen LogP contribution in [0.2, 0.25) is 0 Å². The van der Waals surface area contributed by atoms with Gasteiger partial charge in [0, 0.05) is 5.56 Å². The summed E-state index contributed by atoms with van der Waals surface area (Å²) >= 11 is 1.72. The van der Waals surface area contributed by atoms with Crippen molar-refractivity contribution in [3.63, 3.8) is 0 Å². The van der Waals surface area contributed by atoms with Gasteiger partial charge in [0.05, 0.1) is 21.9 Å². The predicted octanol–water partition coefficient (Wildman–Crippen LogP) is 5.65. The van der Waals surface area contributed by atoms with Crippen LogP contribution in [0.3, 0.4) is 0 Å². The first-order valence-corrected chi connectivity index (χ1v) is 11.3. The number of hydrogen-bond acceptors (Lipinski definition) is 7. The van der Waals surface area contributed by atoms with E-state index in [2.05, 4.69) is 15.3 Å². The maximum absolute atomic E-state index is 13.4. The van der Waals surface area contributed by atoms with Crippen molar-refractivity contribution in [3.05, 3.63) is 57.6 Å². The van der Waals surface area contributed by atoms with Gasteiger partial charge in [-0.3, -0.25) is 9.59 Å². The molecule has 3 rings (SSSR count). The number of Topliss-reactive ketones (excluding diaryl/α,β-unsaturated/α-hetero) is 1. The SMILES string of the molecule is CC(=O)c1sc(NC(=O)CSc2nc(-c3ccc(C)cc3)cc(C(F)(F)F)n2)c(C#N)c1C. The normalized spacial score (nSPS) is 11.2. The first kappa shape index (κ1) is 24.4. The minimum absolute atomic E-state index is 0.0898. The Balaban J connectivity index is 1.82. The topological polar surface area (TPSA) is 95.7 Å². The molecule has 0 radical (unpaired) electrons. The number of alkyl halides is 3. The zero-order valence-corrected chi connectivity index (χ0v) is 19.3. The predicted molar refractivity (Wildman–Crippen MR) is 120 cm³/mol. The van der Waals surface area contributed by atoms with E-state index in [4.69, 9.17) is 0 Å². The second-order valence-electron chi connectivity index (χ2n) is 7.05. The van der Waals surface area contributed by atoms with E-state index in [0.717, 1.165) is 34.7 Å². The summed E-state index contributed by atoms with van der Waals surface area (Å²) < 4.78 is 40.1. The van der Waals surface area contributed by atoms with E-state index in [1.165, 1.54) is 6.92 Å². The van der Waals surface area contributed by atoms with Crippen molar-refractivity contribution in [2.45, 2.75) is 32.1 Å². The van der Waals surface area contributed by atoms with E-state index in [-0.39, 0.29) is 33.0 Å². The van der Waals surface area contributed by atoms with Gasteiger partial charge in [0.1, 0.15) is 16.8 Å². The Hall–Kier alpha value is -3.23. The van der Waals surface area contributed by atoms with Gasteiger partial charge in [0.15, 0.2) is 10.9 Å². The number of nitriles is 1. The molecule has 0 unspecified atom stereocenters. The molecule has 1 amide bonds. The molecule has 1 aromatic carbocycles. The molecule has 0 saturated heterocycles. The van der Waals surface area contributed by atoms with Gasteiger partial charge in [-0.15, -0.1) is 11.3 Å². The molecule has 0 aliphatic heterocycles. The number of aryl methyl sites for hydroxylation is 1. The summed E-state index contributed by atoms with van der Waals surface area (Å²) in [5.74, 6) is -1.08. The summed E-state index contributed by atoms with van der Waals surface area (Å²) in [5.41, 5.74) is 1.07. The molecule has 33 heavy (non-hydrogen) atoms. The van der Waals surface area contributed by atoms with Crippen molar-refractivity contribution in [1.82, 2.24) is 9.97 Å². The molecule has 1 N–H and O–H groups in total. The van der Waals surface area contributed by atoms with Crippen LogP contribution in [0.5, 0.6) is 0 Å². The van der Waals surface area contributed by atoms with Gasteiger partial charge in [0.2, 0.25) is 5.91 Å². The Morgan fingerprint density at radius 1 is 1.18 bits per heavy atom. The number of ketones is 1. The van der Waals surface area contributed by atoms with Crippen LogP contribution in [0.4, 0.5) is 18.2 Å². The summed E-state index contributed by atoms with van der Waals surface area (Å²) in [5, 5.41) is 11.9. The minimum atomic E-state index is -4.68. The van der Waals surface area contributed by atoms with E-state index in [1.54, 1.807) is 31.2 Å². The average molecular weight is 491 g/mol. The third kappa shape index (κ3) is 5.77. The quantitative estimate of drug-likeness (QED) is 0.273. The number of halogens is 3. The van der Waals surface area contributed by atoms with Gasteiger partial charge in [-0.25, -0.2) is 9.97 Å². The minimum Gasteiger partial charge on any atom is -0.316 e. The molecule has 0 bridgehead atoms. The largest absolute Gasteiger partial charge is 0.433 e. The van der Waals surface area contributed by atoms with Crippen LogP contribution in [0, 0.1) is 25.2 Å². The fourth-order valence-electron chi connectivity index (χ4n) is 2.87. The number of rotatable bonds is 6. The van der Waals surface area contributed by atoms with Gasteiger partial charge >= 0.3 is 6.18 Å². The molecule has 3 aromatic rings. The van der Waals surface area contributed by atoms with Crippen LogP contribution < -0.4 is 5.32 Å². The van der Waals surface area contributed by atoms with Crippen LogP contribution in [-0.2, 0) is 11.0 Å². The summed E-state index contributed by atoms with van der Waals surface area (Å²) in [6, 6.07) is 9.67. The van der Waals surface area contributed by atoms with Crippen molar-refractivity contribution < 1.29 is 22.8 Å². The Morgan fingerprint density at radius 3 is 2.42 bits per heavy atom. The highest BCUT2D eigenvalue weighted by molar-refractivity contribution is 7.99. The fourth-order valence-corrected chi connectivity index (χ4v) is 4.60. The highest BCUT2D eigenvalue weighted by Crippen LogP contribution is 2.34. The maximum Gasteiger partial charge on any atom is 0.433 e. The number of carbonyl (C=O) groups is 2. The van der Waals surface area contributed by atoms with Gasteiger partial charge < -0.3 is 5.32 Å². The summed E-state index contributed by atoms with van der Waals surface area (Å²) in [6.07, 6.45) is -4.68. The highest BCUT2D eigenvalue weighted by atomic mass is 32.2. The molecule has 0 atom stereocenters. The maximum atomic E-state index is 13.4. The van der Waals surface area contributed by atoms with Gasteiger partial charge in [-0.1, -0.05) is 41.6 Å². The molecule has 2 heterocycles. The molecule has 0 spiro atoms. The zero-order chi connectivity index (χ0) is 24.3. The van der Waals surface area contributed by atoms with E-state index in [0.29, 0.717) is 16.0 Å². The van der Waals surface area contributed by atoms with E-state index in [9.17, 15) is 28.0 Å². The lowest BCUT2D eigenvalue weighted by Crippen LogP contribution is -2.15. The van der Waals surface area contributed by atoms with Crippen LogP contribution in [-0.4, -0.2) is 27.4 Å². The molecule has 0 saturated carbocycles. The van der Waals surface area contributed by atoms with Crippen LogP contribution in [0.1, 0.15) is 39.0 Å². The molecule has 0 fully saturated rings. The van der Waals surface area contributed by atoms with E-state index in [1.807, 2.05) is 13.0 Å². The van der Waals surface area contributed by atoms with Gasteiger partial charge in [-0.05, 0) is 32.4 Å². The molecule has 2 aromatic heterocycles. The van der Waals surface area contributed by atoms with Crippen molar-refractivity contribution in [2.75, 3.05) is 11.1 Å². The smallest absolute Gasteiger partial charge is 0.316 e. The van der Waals surface area contributed by atoms with Crippen molar-refractivity contribution in [2.24, 2.45) is 0 Å². The first-order chi connectivity index (χ1) is 15.5. The molecule has 11 heteroatoms. The van der Waals surface area contributed by atoms with Gasteiger partial charge in [-0.2, -0.15) is 18.4 Å². The Morgan fingerprint density at radius 2 is 1.85 bits per heavy atom. The molecular weight excluding hydrogens is 473 g/mol.